The summed E-state index contributed by atoms with van der Waals surface area (Å²) in [5.41, 5.74) is 1.89. The van der Waals surface area contributed by atoms with Crippen LogP contribution in [0.2, 0.25) is 0 Å². The Kier molecular flexibility index (Phi) is 7.21. The van der Waals surface area contributed by atoms with E-state index in [0.29, 0.717) is 22.2 Å². The highest BCUT2D eigenvalue weighted by Crippen LogP contribution is 2.21. The molecule has 0 spiro atoms. The lowest BCUT2D eigenvalue weighted by Gasteiger charge is -2.14. The highest BCUT2D eigenvalue weighted by Gasteiger charge is 2.19. The van der Waals surface area contributed by atoms with Gasteiger partial charge in [-0.2, -0.15) is 0 Å². The van der Waals surface area contributed by atoms with Gasteiger partial charge in [0.25, 0.3) is 11.6 Å². The van der Waals surface area contributed by atoms with Gasteiger partial charge in [0.05, 0.1) is 16.7 Å². The highest BCUT2D eigenvalue weighted by atomic mass is 32.2. The number of benzene rings is 2. The molecule has 11 heteroatoms. The van der Waals surface area contributed by atoms with Gasteiger partial charge in [0.2, 0.25) is 5.91 Å². The Balaban J connectivity index is 1.57. The Labute approximate surface area is 188 Å². The first-order valence-electron chi connectivity index (χ1n) is 9.69. The molecule has 1 heterocycles. The maximum Gasteiger partial charge on any atom is 0.269 e. The summed E-state index contributed by atoms with van der Waals surface area (Å²) in [6, 6.07) is 12.5. The van der Waals surface area contributed by atoms with E-state index in [2.05, 4.69) is 20.8 Å². The summed E-state index contributed by atoms with van der Waals surface area (Å²) in [5, 5.41) is 25.1. The third-order valence-electron chi connectivity index (χ3n) is 4.69. The number of nitro groups is 1. The first-order chi connectivity index (χ1) is 15.3. The zero-order valence-corrected chi connectivity index (χ0v) is 18.5. The number of rotatable bonds is 8. The molecule has 166 valence electrons. The van der Waals surface area contributed by atoms with Crippen molar-refractivity contribution in [2.45, 2.75) is 25.0 Å². The molecule has 2 N–H and O–H groups in total. The maximum absolute atomic E-state index is 12.6. The number of amides is 2. The summed E-state index contributed by atoms with van der Waals surface area (Å²) in [4.78, 5) is 35.0. The molecule has 0 saturated carbocycles. The number of anilines is 1. The van der Waals surface area contributed by atoms with Crippen LogP contribution < -0.4 is 10.6 Å². The van der Waals surface area contributed by atoms with Crippen LogP contribution in [-0.2, 0) is 11.8 Å². The van der Waals surface area contributed by atoms with Crippen LogP contribution in [0.4, 0.5) is 11.4 Å². The lowest BCUT2D eigenvalue weighted by molar-refractivity contribution is -0.384. The molecule has 0 aliphatic heterocycles. The molecule has 0 radical (unpaired) electrons. The Morgan fingerprint density at radius 3 is 2.50 bits per heavy atom. The van der Waals surface area contributed by atoms with Crippen molar-refractivity contribution in [3.63, 3.8) is 0 Å². The standard InChI is InChI=1S/C21H22N6O4S/c1-13-6-4-5-7-17(13)20(29)22-14(2)19-24-25-21(26(19)3)32-12-18(28)23-15-8-10-16(11-9-15)27(30)31/h4-11,14H,12H2,1-3H3,(H,22,29)(H,23,28)/t14-/m1/s1. The van der Waals surface area contributed by atoms with E-state index in [4.69, 9.17) is 0 Å². The minimum Gasteiger partial charge on any atom is -0.342 e. The topological polar surface area (TPSA) is 132 Å². The molecule has 32 heavy (non-hydrogen) atoms. The minimum absolute atomic E-state index is 0.0485. The summed E-state index contributed by atoms with van der Waals surface area (Å²) in [6.07, 6.45) is 0. The molecule has 0 bridgehead atoms. The first-order valence-corrected chi connectivity index (χ1v) is 10.7. The fraction of sp³-hybridized carbons (Fsp3) is 0.238. The summed E-state index contributed by atoms with van der Waals surface area (Å²) in [6.45, 7) is 3.69. The molecule has 3 rings (SSSR count). The maximum atomic E-state index is 12.6. The second-order valence-corrected chi connectivity index (χ2v) is 7.99. The van der Waals surface area contributed by atoms with Gasteiger partial charge >= 0.3 is 0 Å². The van der Waals surface area contributed by atoms with Crippen molar-refractivity contribution in [3.05, 3.63) is 75.6 Å². The second-order valence-electron chi connectivity index (χ2n) is 7.05. The predicted molar refractivity (Wildman–Crippen MR) is 121 cm³/mol. The van der Waals surface area contributed by atoms with Gasteiger partial charge in [0.1, 0.15) is 0 Å². The van der Waals surface area contributed by atoms with Gasteiger partial charge < -0.3 is 15.2 Å². The third kappa shape index (κ3) is 5.49. The van der Waals surface area contributed by atoms with E-state index < -0.39 is 4.92 Å². The molecule has 0 unspecified atom stereocenters. The van der Waals surface area contributed by atoms with Crippen LogP contribution in [0.5, 0.6) is 0 Å². The van der Waals surface area contributed by atoms with Crippen molar-refractivity contribution in [1.29, 1.82) is 0 Å². The van der Waals surface area contributed by atoms with E-state index in [1.165, 1.54) is 36.0 Å². The quantitative estimate of drug-likeness (QED) is 0.303. The molecular formula is C21H22N6O4S. The number of aromatic nitrogens is 3. The number of aryl methyl sites for hydroxylation is 1. The molecule has 0 saturated heterocycles. The third-order valence-corrected chi connectivity index (χ3v) is 5.71. The van der Waals surface area contributed by atoms with Crippen molar-refractivity contribution in [3.8, 4) is 0 Å². The van der Waals surface area contributed by atoms with Gasteiger partial charge in [0.15, 0.2) is 11.0 Å². The molecule has 1 aromatic heterocycles. The number of carbonyl (C=O) groups excluding carboxylic acids is 2. The normalized spacial score (nSPS) is 11.6. The van der Waals surface area contributed by atoms with Crippen LogP contribution in [-0.4, -0.2) is 37.3 Å². The summed E-state index contributed by atoms with van der Waals surface area (Å²) in [7, 11) is 1.77. The van der Waals surface area contributed by atoms with Crippen LogP contribution in [0.1, 0.15) is 34.7 Å². The van der Waals surface area contributed by atoms with Crippen molar-refractivity contribution >= 4 is 35.0 Å². The highest BCUT2D eigenvalue weighted by molar-refractivity contribution is 7.99. The average Bonchev–Trinajstić information content (AvgIpc) is 3.13. The Hall–Kier alpha value is -3.73. The molecule has 2 aromatic carbocycles. The lowest BCUT2D eigenvalue weighted by Crippen LogP contribution is -2.29. The van der Waals surface area contributed by atoms with Gasteiger partial charge in [0, 0.05) is 30.4 Å². The van der Waals surface area contributed by atoms with Crippen molar-refractivity contribution in [2.75, 3.05) is 11.1 Å². The van der Waals surface area contributed by atoms with Crippen LogP contribution in [0.25, 0.3) is 0 Å². The first kappa shape index (κ1) is 22.9. The van der Waals surface area contributed by atoms with E-state index >= 15 is 0 Å². The number of nitrogens with zero attached hydrogens (tertiary/aromatic N) is 4. The number of nitrogens with one attached hydrogen (secondary N) is 2. The fourth-order valence-corrected chi connectivity index (χ4v) is 3.71. The van der Waals surface area contributed by atoms with E-state index in [-0.39, 0.29) is 29.3 Å². The van der Waals surface area contributed by atoms with E-state index in [1.54, 1.807) is 17.7 Å². The van der Waals surface area contributed by atoms with Gasteiger partial charge in [-0.05, 0) is 37.6 Å². The molecule has 0 aliphatic rings. The van der Waals surface area contributed by atoms with Crippen LogP contribution in [0, 0.1) is 17.0 Å². The Morgan fingerprint density at radius 1 is 1.16 bits per heavy atom. The average molecular weight is 455 g/mol. The second kappa shape index (κ2) is 10.1. The van der Waals surface area contributed by atoms with Crippen LogP contribution in [0.15, 0.2) is 53.7 Å². The number of carbonyl (C=O) groups is 2. The number of thioether (sulfide) groups is 1. The van der Waals surface area contributed by atoms with Crippen molar-refractivity contribution in [2.24, 2.45) is 7.05 Å². The van der Waals surface area contributed by atoms with E-state index in [1.807, 2.05) is 32.0 Å². The molecule has 3 aromatic rings. The number of non-ortho nitro benzene ring substituents is 1. The van der Waals surface area contributed by atoms with Crippen LogP contribution >= 0.6 is 11.8 Å². The van der Waals surface area contributed by atoms with Crippen molar-refractivity contribution < 1.29 is 14.5 Å². The van der Waals surface area contributed by atoms with E-state index in [0.717, 1.165) is 5.56 Å². The van der Waals surface area contributed by atoms with Gasteiger partial charge in [-0.15, -0.1) is 10.2 Å². The van der Waals surface area contributed by atoms with Crippen LogP contribution in [0.3, 0.4) is 0 Å². The summed E-state index contributed by atoms with van der Waals surface area (Å²) < 4.78 is 1.73. The minimum atomic E-state index is -0.502. The zero-order valence-electron chi connectivity index (χ0n) is 17.7. The Bertz CT molecular complexity index is 1150. The SMILES string of the molecule is Cc1ccccc1C(=O)N[C@H](C)c1nnc(SCC(=O)Nc2ccc([N+](=O)[O-])cc2)n1C. The van der Waals surface area contributed by atoms with E-state index in [9.17, 15) is 19.7 Å². The molecule has 0 aliphatic carbocycles. The predicted octanol–water partition coefficient (Wildman–Crippen LogP) is 3.25. The molecule has 2 amide bonds. The largest absolute Gasteiger partial charge is 0.342 e. The monoisotopic (exact) mass is 454 g/mol. The number of hydrogen-bond acceptors (Lipinski definition) is 7. The summed E-state index contributed by atoms with van der Waals surface area (Å²) >= 11 is 1.19. The number of hydrogen-bond donors (Lipinski definition) is 2. The molecule has 0 fully saturated rings. The smallest absolute Gasteiger partial charge is 0.269 e. The molecule has 10 nitrogen and oxygen atoms in total. The molecule has 1 atom stereocenters. The fourth-order valence-electron chi connectivity index (χ4n) is 2.99. The summed E-state index contributed by atoms with van der Waals surface area (Å²) in [5.74, 6) is 0.155. The Morgan fingerprint density at radius 2 is 1.84 bits per heavy atom. The van der Waals surface area contributed by atoms with Gasteiger partial charge in [-0.25, -0.2) is 0 Å². The van der Waals surface area contributed by atoms with Crippen molar-refractivity contribution in [1.82, 2.24) is 20.1 Å². The lowest BCUT2D eigenvalue weighted by atomic mass is 10.1. The van der Waals surface area contributed by atoms with Gasteiger partial charge in [-0.1, -0.05) is 30.0 Å². The number of nitro benzene ring substituents is 1. The van der Waals surface area contributed by atoms with Gasteiger partial charge in [-0.3, -0.25) is 19.7 Å². The zero-order chi connectivity index (χ0) is 23.3. The molecular weight excluding hydrogens is 432 g/mol.